The number of Topliss-reactive ketones (excluding diaryl/α,β-unsaturated/α-hetero) is 1. The molecule has 25 nitrogen and oxygen atoms in total. The number of imidazole rings is 1. The first-order valence-corrected chi connectivity index (χ1v) is 23.3. The Morgan fingerprint density at radius 2 is 1.78 bits per heavy atom. The molecule has 1 aliphatic carbocycles. The van der Waals surface area contributed by atoms with Gasteiger partial charge in [-0.05, 0) is 25.7 Å². The van der Waals surface area contributed by atoms with Crippen molar-refractivity contribution in [1.82, 2.24) is 30.2 Å². The number of amides is 2. The largest absolute Gasteiger partial charge is 0.790 e. The molecule has 6 N–H and O–H groups in total. The minimum atomic E-state index is -5.93. The minimum absolute atomic E-state index is 0.0278. The number of nitrogens with one attached hydrogen (secondary N) is 2. The van der Waals surface area contributed by atoms with Crippen LogP contribution in [0.5, 0.6) is 0 Å². The number of aliphatic hydroxyl groups is 2. The van der Waals surface area contributed by atoms with Crippen LogP contribution in [-0.4, -0.2) is 109 Å². The number of thioether (sulfide) groups is 1. The van der Waals surface area contributed by atoms with Gasteiger partial charge < -0.3 is 69.0 Å². The van der Waals surface area contributed by atoms with Crippen molar-refractivity contribution >= 4 is 74.9 Å². The number of phosphoric ester groups is 3. The van der Waals surface area contributed by atoms with E-state index in [1.54, 1.807) is 0 Å². The van der Waals surface area contributed by atoms with E-state index in [1.807, 2.05) is 6.92 Å². The number of carbonyl (C=O) groups excluding carboxylic acids is 4. The maximum atomic E-state index is 12.6. The predicted octanol–water partition coefficient (Wildman–Crippen LogP) is -2.30. The Labute approximate surface area is 346 Å². The molecule has 0 radical (unpaired) electrons. The number of ether oxygens (including phenoxy) is 1. The maximum Gasteiger partial charge on any atom is 0.274 e. The second-order valence-electron chi connectivity index (χ2n) is 14.5. The monoisotopic (exact) mass is 927 g/mol. The number of aromatic nitrogens is 4. The van der Waals surface area contributed by atoms with Gasteiger partial charge in [-0.15, -0.1) is 0 Å². The Bertz CT molecular complexity index is 2070. The molecule has 0 spiro atoms. The highest BCUT2D eigenvalue weighted by Crippen LogP contribution is 2.56. The number of hydrogen-bond acceptors (Lipinski definition) is 23. The van der Waals surface area contributed by atoms with Crippen molar-refractivity contribution < 1.29 is 85.3 Å². The number of anilines is 1. The smallest absolute Gasteiger partial charge is 0.274 e. The summed E-state index contributed by atoms with van der Waals surface area (Å²) in [6, 6.07) is 0. The number of fused-ring (bicyclic) bond motifs is 1. The summed E-state index contributed by atoms with van der Waals surface area (Å²) in [7, 11) is -17.6. The normalized spacial score (nSPS) is 25.0. The SMILES string of the molecule is C=C(C)C1CCC(C(=O)SCCNC(=O)CCNC(=O)[C@H](O)C(C)(C)COP(=O)([O-])OP(=O)([O-])OC[C@H]2O[C@@H](n3cnc4c(N)ncnc43)[C@H](O)[C@@H]2OP(=O)([O-])[O-])C(=O)C1. The molecule has 60 heavy (non-hydrogen) atoms. The van der Waals surface area contributed by atoms with E-state index in [0.29, 0.717) is 12.8 Å². The summed E-state index contributed by atoms with van der Waals surface area (Å²) in [4.78, 5) is 109. The minimum Gasteiger partial charge on any atom is -0.790 e. The number of nitrogens with two attached hydrogens (primary N) is 1. The first-order chi connectivity index (χ1) is 27.8. The third-order valence-corrected chi connectivity index (χ3v) is 13.3. The Morgan fingerprint density at radius 1 is 1.10 bits per heavy atom. The maximum absolute atomic E-state index is 12.6. The van der Waals surface area contributed by atoms with E-state index in [1.165, 1.54) is 13.8 Å². The predicted molar refractivity (Wildman–Crippen MR) is 199 cm³/mol. The van der Waals surface area contributed by atoms with E-state index in [4.69, 9.17) is 10.5 Å². The Balaban J connectivity index is 1.20. The number of rotatable bonds is 21. The van der Waals surface area contributed by atoms with Gasteiger partial charge in [-0.2, -0.15) is 0 Å². The first kappa shape index (κ1) is 49.6. The second-order valence-corrected chi connectivity index (χ2v) is 19.7. The molecule has 2 fully saturated rings. The molecule has 1 saturated carbocycles. The van der Waals surface area contributed by atoms with Crippen LogP contribution in [-0.2, 0) is 55.5 Å². The van der Waals surface area contributed by atoms with Gasteiger partial charge in [0.15, 0.2) is 22.8 Å². The molecule has 0 bridgehead atoms. The van der Waals surface area contributed by atoms with Crippen molar-refractivity contribution in [3.63, 3.8) is 0 Å². The van der Waals surface area contributed by atoms with E-state index in [0.717, 1.165) is 34.6 Å². The van der Waals surface area contributed by atoms with Crippen molar-refractivity contribution in [3.8, 4) is 0 Å². The van der Waals surface area contributed by atoms with Gasteiger partial charge in [-0.1, -0.05) is 37.8 Å². The number of nitrogen functional groups attached to an aromatic ring is 1. The van der Waals surface area contributed by atoms with Gasteiger partial charge in [0.1, 0.15) is 42.0 Å². The number of allylic oxidation sites excluding steroid dienone is 1. The lowest BCUT2D eigenvalue weighted by Gasteiger charge is -2.36. The summed E-state index contributed by atoms with van der Waals surface area (Å²) in [6.45, 7) is 5.63. The fraction of sp³-hybridized carbons (Fsp3) is 0.645. The molecule has 9 atom stereocenters. The molecule has 0 aromatic carbocycles. The molecule has 1 aliphatic heterocycles. The zero-order valence-electron chi connectivity index (χ0n) is 32.3. The molecule has 4 rings (SSSR count). The van der Waals surface area contributed by atoms with E-state index >= 15 is 0 Å². The number of nitrogens with zero attached hydrogens (tertiary/aromatic N) is 4. The van der Waals surface area contributed by atoms with Gasteiger partial charge in [-0.3, -0.25) is 32.9 Å². The van der Waals surface area contributed by atoms with Gasteiger partial charge in [0.05, 0.1) is 33.3 Å². The van der Waals surface area contributed by atoms with Crippen molar-refractivity contribution in [3.05, 3.63) is 24.8 Å². The Kier molecular flexibility index (Phi) is 16.9. The Hall–Kier alpha value is -3.03. The van der Waals surface area contributed by atoms with Gasteiger partial charge in [-0.25, -0.2) is 19.3 Å². The summed E-state index contributed by atoms with van der Waals surface area (Å²) < 4.78 is 60.6. The number of carbonyl (C=O) groups is 4. The lowest BCUT2D eigenvalue weighted by atomic mass is 9.79. The first-order valence-electron chi connectivity index (χ1n) is 18.0. The molecule has 336 valence electrons. The summed E-state index contributed by atoms with van der Waals surface area (Å²) >= 11 is 0.935. The van der Waals surface area contributed by atoms with Crippen LogP contribution < -0.4 is 35.9 Å². The molecule has 2 amide bonds. The quantitative estimate of drug-likeness (QED) is 0.0380. The topological polar surface area (TPSA) is 392 Å². The highest BCUT2D eigenvalue weighted by molar-refractivity contribution is 8.13. The second kappa shape index (κ2) is 20.4. The standard InChI is InChI=1S/C31H48N7O18P3S/c1-16(2)17-5-6-18(19(39)11-17)30(44)60-10-9-33-21(40)7-8-34-28(43)25(42)31(3,4)13-53-59(50,51)56-58(48,49)52-12-20-24(55-57(45,46)47)23(41)29(54-20)38-15-37-22-26(32)35-14-36-27(22)38/h14-15,17-18,20,23-25,29,41-42H,1,5-13H2,2-4H3,(H,33,40)(H,34,43)(H,48,49)(H,50,51)(H2,32,35,36)(H2,45,46,47)/p-4/t17?,18?,20-,23-,24-,25+,29-/m1/s1. The third kappa shape index (κ3) is 13.7. The summed E-state index contributed by atoms with van der Waals surface area (Å²) in [6.07, 6.45) is -6.29. The van der Waals surface area contributed by atoms with E-state index in [2.05, 4.69) is 50.0 Å². The van der Waals surface area contributed by atoms with Gasteiger partial charge >= 0.3 is 0 Å². The lowest BCUT2D eigenvalue weighted by molar-refractivity contribution is -0.347. The van der Waals surface area contributed by atoms with Crippen LogP contribution >= 0.6 is 35.2 Å². The zero-order valence-corrected chi connectivity index (χ0v) is 35.8. The number of hydrogen-bond donors (Lipinski definition) is 5. The van der Waals surface area contributed by atoms with Crippen LogP contribution in [0.1, 0.15) is 52.7 Å². The average molecular weight is 928 g/mol. The number of ketones is 1. The fourth-order valence-corrected chi connectivity index (χ4v) is 9.64. The number of phosphoric acid groups is 3. The zero-order chi connectivity index (χ0) is 44.8. The molecule has 1 saturated heterocycles. The van der Waals surface area contributed by atoms with Gasteiger partial charge in [0.25, 0.3) is 15.6 Å². The van der Waals surface area contributed by atoms with Crippen LogP contribution in [0.3, 0.4) is 0 Å². The van der Waals surface area contributed by atoms with Crippen LogP contribution in [0, 0.1) is 17.3 Å². The highest BCUT2D eigenvalue weighted by Gasteiger charge is 2.47. The van der Waals surface area contributed by atoms with E-state index in [-0.39, 0.29) is 65.5 Å². The molecule has 3 heterocycles. The molecular weight excluding hydrogens is 883 g/mol. The van der Waals surface area contributed by atoms with E-state index < -0.39 is 90.5 Å². The third-order valence-electron chi connectivity index (χ3n) is 9.34. The van der Waals surface area contributed by atoms with E-state index in [9.17, 15) is 62.7 Å². The molecule has 2 aromatic heterocycles. The van der Waals surface area contributed by atoms with Crippen molar-refractivity contribution in [2.45, 2.75) is 77.1 Å². The molecular formula is C31H44N7O18P3S-4. The van der Waals surface area contributed by atoms with Crippen molar-refractivity contribution in [2.75, 3.05) is 37.8 Å². The number of aliphatic hydroxyl groups excluding tert-OH is 2. The highest BCUT2D eigenvalue weighted by atomic mass is 32.2. The van der Waals surface area contributed by atoms with Crippen LogP contribution in [0.2, 0.25) is 0 Å². The van der Waals surface area contributed by atoms with Crippen LogP contribution in [0.15, 0.2) is 24.8 Å². The summed E-state index contributed by atoms with van der Waals surface area (Å²) in [5.41, 5.74) is 4.94. The average Bonchev–Trinajstić information content (AvgIpc) is 3.71. The van der Waals surface area contributed by atoms with Crippen LogP contribution in [0.4, 0.5) is 5.82 Å². The molecule has 2 aromatic rings. The van der Waals surface area contributed by atoms with Gasteiger partial charge in [0, 0.05) is 37.1 Å². The summed E-state index contributed by atoms with van der Waals surface area (Å²) in [5, 5.41) is 26.0. The van der Waals surface area contributed by atoms with Gasteiger partial charge in [0.2, 0.25) is 11.8 Å². The molecule has 29 heteroatoms. The van der Waals surface area contributed by atoms with Crippen molar-refractivity contribution in [1.29, 1.82) is 0 Å². The van der Waals surface area contributed by atoms with Crippen molar-refractivity contribution in [2.24, 2.45) is 17.3 Å². The van der Waals surface area contributed by atoms with Crippen LogP contribution in [0.25, 0.3) is 11.2 Å². The fourth-order valence-electron chi connectivity index (χ4n) is 6.05. The summed E-state index contributed by atoms with van der Waals surface area (Å²) in [5.74, 6) is -2.17. The Morgan fingerprint density at radius 3 is 2.43 bits per heavy atom. The lowest BCUT2D eigenvalue weighted by Crippen LogP contribution is -2.46. The molecule has 4 unspecified atom stereocenters. The molecule has 2 aliphatic rings.